The Kier molecular flexibility index (Phi) is 7.63. The average molecular weight is 278 g/mol. The van der Waals surface area contributed by atoms with Gasteiger partial charge in [0.15, 0.2) is 0 Å². The molecule has 0 amide bonds. The van der Waals surface area contributed by atoms with Crippen LogP contribution in [0.1, 0.15) is 32.3 Å². The maximum absolute atomic E-state index is 5.87. The van der Waals surface area contributed by atoms with Gasteiger partial charge in [0, 0.05) is 12.1 Å². The number of methoxy groups -OCH3 is 1. The summed E-state index contributed by atoms with van der Waals surface area (Å²) >= 11 is 0. The zero-order chi connectivity index (χ0) is 15.0. The van der Waals surface area contributed by atoms with E-state index in [1.165, 1.54) is 18.4 Å². The van der Waals surface area contributed by atoms with Crippen molar-refractivity contribution in [1.29, 1.82) is 0 Å². The van der Waals surface area contributed by atoms with E-state index in [1.807, 2.05) is 12.1 Å². The van der Waals surface area contributed by atoms with Crippen LogP contribution >= 0.6 is 0 Å². The Bertz CT molecular complexity index is 379. The van der Waals surface area contributed by atoms with Crippen molar-refractivity contribution >= 4 is 0 Å². The van der Waals surface area contributed by atoms with Crippen LogP contribution in [0.25, 0.3) is 0 Å². The molecule has 0 radical (unpaired) electrons. The summed E-state index contributed by atoms with van der Waals surface area (Å²) in [5, 5.41) is 0. The fourth-order valence-electron chi connectivity index (χ4n) is 2.60. The molecular weight excluding hydrogens is 248 g/mol. The van der Waals surface area contributed by atoms with E-state index < -0.39 is 0 Å². The molecule has 0 saturated heterocycles. The lowest BCUT2D eigenvalue weighted by molar-refractivity contribution is 0.275. The van der Waals surface area contributed by atoms with Crippen molar-refractivity contribution in [1.82, 2.24) is 4.90 Å². The van der Waals surface area contributed by atoms with E-state index in [4.69, 9.17) is 10.5 Å². The molecule has 3 heteroatoms. The summed E-state index contributed by atoms with van der Waals surface area (Å²) in [4.78, 5) is 2.35. The van der Waals surface area contributed by atoms with Gasteiger partial charge in [-0.2, -0.15) is 0 Å². The van der Waals surface area contributed by atoms with Crippen LogP contribution in [0.4, 0.5) is 0 Å². The summed E-state index contributed by atoms with van der Waals surface area (Å²) in [6, 6.07) is 8.22. The third-order valence-electron chi connectivity index (χ3n) is 3.69. The average Bonchev–Trinajstić information content (AvgIpc) is 2.43. The van der Waals surface area contributed by atoms with Crippen molar-refractivity contribution in [2.24, 2.45) is 17.6 Å². The minimum absolute atomic E-state index is 0.634. The highest BCUT2D eigenvalue weighted by Gasteiger charge is 2.11. The van der Waals surface area contributed by atoms with Crippen LogP contribution < -0.4 is 10.5 Å². The van der Waals surface area contributed by atoms with Crippen LogP contribution in [0.2, 0.25) is 0 Å². The fraction of sp³-hybridized carbons (Fsp3) is 0.647. The molecule has 1 rings (SSSR count). The number of hydrogen-bond donors (Lipinski definition) is 1. The lowest BCUT2D eigenvalue weighted by Crippen LogP contribution is -2.25. The summed E-state index contributed by atoms with van der Waals surface area (Å²) in [5.41, 5.74) is 7.11. The van der Waals surface area contributed by atoms with Crippen LogP contribution in [0.3, 0.4) is 0 Å². The predicted molar refractivity (Wildman–Crippen MR) is 85.9 cm³/mol. The highest BCUT2D eigenvalue weighted by atomic mass is 16.5. The molecule has 0 aliphatic carbocycles. The van der Waals surface area contributed by atoms with E-state index in [0.717, 1.165) is 31.3 Å². The lowest BCUT2D eigenvalue weighted by Gasteiger charge is -2.22. The number of rotatable bonds is 9. The molecule has 1 unspecified atom stereocenters. The Morgan fingerprint density at radius 1 is 1.25 bits per heavy atom. The fourth-order valence-corrected chi connectivity index (χ4v) is 2.60. The topological polar surface area (TPSA) is 38.5 Å². The van der Waals surface area contributed by atoms with Gasteiger partial charge in [-0.1, -0.05) is 32.0 Å². The van der Waals surface area contributed by atoms with Gasteiger partial charge in [0.05, 0.1) is 7.11 Å². The highest BCUT2D eigenvalue weighted by Crippen LogP contribution is 2.20. The second kappa shape index (κ2) is 8.98. The molecule has 0 heterocycles. The van der Waals surface area contributed by atoms with Gasteiger partial charge in [0.2, 0.25) is 0 Å². The summed E-state index contributed by atoms with van der Waals surface area (Å²) in [7, 11) is 3.89. The monoisotopic (exact) mass is 278 g/mol. The zero-order valence-electron chi connectivity index (χ0n) is 13.4. The van der Waals surface area contributed by atoms with E-state index in [0.29, 0.717) is 5.92 Å². The Balaban J connectivity index is 2.44. The normalized spacial score (nSPS) is 12.9. The smallest absolute Gasteiger partial charge is 0.123 e. The summed E-state index contributed by atoms with van der Waals surface area (Å²) in [6.07, 6.45) is 2.39. The molecule has 114 valence electrons. The molecule has 0 spiro atoms. The molecule has 2 N–H and O–H groups in total. The summed E-state index contributed by atoms with van der Waals surface area (Å²) in [5.74, 6) is 2.33. The van der Waals surface area contributed by atoms with Gasteiger partial charge in [-0.15, -0.1) is 0 Å². The van der Waals surface area contributed by atoms with Gasteiger partial charge in [0.25, 0.3) is 0 Å². The second-order valence-electron chi connectivity index (χ2n) is 6.07. The molecule has 1 atom stereocenters. The number of para-hydroxylation sites is 1. The minimum atomic E-state index is 0.634. The predicted octanol–water partition coefficient (Wildman–Crippen LogP) is 3.14. The van der Waals surface area contributed by atoms with E-state index in [2.05, 4.69) is 37.9 Å². The molecule has 1 aromatic rings. The van der Waals surface area contributed by atoms with Gasteiger partial charge in [-0.25, -0.2) is 0 Å². The summed E-state index contributed by atoms with van der Waals surface area (Å²) < 4.78 is 5.40. The SMILES string of the molecule is COc1ccccc1CN(C)CCC(CN)CC(C)C. The van der Waals surface area contributed by atoms with Gasteiger partial charge in [-0.3, -0.25) is 0 Å². The number of benzene rings is 1. The molecule has 0 aliphatic heterocycles. The Labute approximate surface area is 124 Å². The van der Waals surface area contributed by atoms with Crippen molar-refractivity contribution < 1.29 is 4.74 Å². The highest BCUT2D eigenvalue weighted by molar-refractivity contribution is 5.32. The van der Waals surface area contributed by atoms with E-state index in [-0.39, 0.29) is 0 Å². The van der Waals surface area contributed by atoms with Crippen molar-refractivity contribution in [3.8, 4) is 5.75 Å². The maximum Gasteiger partial charge on any atom is 0.123 e. The van der Waals surface area contributed by atoms with Gasteiger partial charge < -0.3 is 15.4 Å². The van der Waals surface area contributed by atoms with E-state index >= 15 is 0 Å². The molecule has 3 nitrogen and oxygen atoms in total. The van der Waals surface area contributed by atoms with Crippen LogP contribution in [0.5, 0.6) is 5.75 Å². The third-order valence-corrected chi connectivity index (χ3v) is 3.69. The van der Waals surface area contributed by atoms with E-state index in [1.54, 1.807) is 7.11 Å². The second-order valence-corrected chi connectivity index (χ2v) is 6.07. The van der Waals surface area contributed by atoms with Crippen LogP contribution in [-0.2, 0) is 6.54 Å². The number of hydrogen-bond acceptors (Lipinski definition) is 3. The first-order chi connectivity index (χ1) is 9.56. The number of nitrogens with two attached hydrogens (primary N) is 1. The number of nitrogens with zero attached hydrogens (tertiary/aromatic N) is 1. The van der Waals surface area contributed by atoms with Crippen molar-refractivity contribution in [2.45, 2.75) is 33.2 Å². The quantitative estimate of drug-likeness (QED) is 0.754. The molecular formula is C17H30N2O. The first-order valence-corrected chi connectivity index (χ1v) is 7.57. The van der Waals surface area contributed by atoms with Crippen molar-refractivity contribution in [3.63, 3.8) is 0 Å². The maximum atomic E-state index is 5.87. The third kappa shape index (κ3) is 5.93. The first-order valence-electron chi connectivity index (χ1n) is 7.57. The van der Waals surface area contributed by atoms with Gasteiger partial charge >= 0.3 is 0 Å². The van der Waals surface area contributed by atoms with Crippen LogP contribution in [0, 0.1) is 11.8 Å². The summed E-state index contributed by atoms with van der Waals surface area (Å²) in [6.45, 7) is 7.32. The largest absolute Gasteiger partial charge is 0.496 e. The Morgan fingerprint density at radius 3 is 2.55 bits per heavy atom. The van der Waals surface area contributed by atoms with Crippen LogP contribution in [0.15, 0.2) is 24.3 Å². The number of ether oxygens (including phenoxy) is 1. The Morgan fingerprint density at radius 2 is 1.95 bits per heavy atom. The minimum Gasteiger partial charge on any atom is -0.496 e. The lowest BCUT2D eigenvalue weighted by atomic mass is 9.94. The van der Waals surface area contributed by atoms with Gasteiger partial charge in [-0.05, 0) is 50.9 Å². The molecule has 0 aliphatic rings. The molecule has 0 fully saturated rings. The standard InChI is InChI=1S/C17H30N2O/c1-14(2)11-15(12-18)9-10-19(3)13-16-7-5-6-8-17(16)20-4/h5-8,14-15H,9-13,18H2,1-4H3. The van der Waals surface area contributed by atoms with Crippen molar-refractivity contribution in [2.75, 3.05) is 27.2 Å². The Hall–Kier alpha value is -1.06. The van der Waals surface area contributed by atoms with E-state index in [9.17, 15) is 0 Å². The van der Waals surface area contributed by atoms with Gasteiger partial charge in [0.1, 0.15) is 5.75 Å². The molecule has 0 aromatic heterocycles. The molecule has 1 aromatic carbocycles. The molecule has 0 saturated carbocycles. The first kappa shape index (κ1) is 17.0. The van der Waals surface area contributed by atoms with Crippen LogP contribution in [-0.4, -0.2) is 32.1 Å². The zero-order valence-corrected chi connectivity index (χ0v) is 13.4. The molecule has 20 heavy (non-hydrogen) atoms. The molecule has 0 bridgehead atoms. The van der Waals surface area contributed by atoms with Crippen molar-refractivity contribution in [3.05, 3.63) is 29.8 Å².